The van der Waals surface area contributed by atoms with Crippen molar-refractivity contribution in [1.29, 1.82) is 0 Å². The van der Waals surface area contributed by atoms with E-state index in [9.17, 15) is 22.8 Å². The highest BCUT2D eigenvalue weighted by Crippen LogP contribution is 2.32. The third-order valence-electron chi connectivity index (χ3n) is 3.12. The molecule has 7 heteroatoms. The lowest BCUT2D eigenvalue weighted by Crippen LogP contribution is -2.12. The van der Waals surface area contributed by atoms with E-state index in [1.54, 1.807) is 0 Å². The number of benzene rings is 2. The van der Waals surface area contributed by atoms with E-state index in [0.29, 0.717) is 5.69 Å². The van der Waals surface area contributed by atoms with Crippen LogP contribution < -0.4 is 5.32 Å². The van der Waals surface area contributed by atoms with E-state index in [-0.39, 0.29) is 17.0 Å². The molecule has 0 saturated heterocycles. The minimum atomic E-state index is -4.51. The van der Waals surface area contributed by atoms with Gasteiger partial charge in [-0.2, -0.15) is 13.2 Å². The lowest BCUT2D eigenvalue weighted by Gasteiger charge is -2.13. The van der Waals surface area contributed by atoms with E-state index in [1.165, 1.54) is 49.4 Å². The standard InChI is InChI=1S/C17H14F3NO3/c1-11(22)21-14-8-6-12(7-9-14)16(23)24-10-13-4-2-3-5-15(13)17(18,19)20/h2-9H,10H2,1H3,(H,21,22). The van der Waals surface area contributed by atoms with Crippen molar-refractivity contribution in [3.05, 3.63) is 65.2 Å². The summed E-state index contributed by atoms with van der Waals surface area (Å²) >= 11 is 0. The number of amides is 1. The van der Waals surface area contributed by atoms with Crippen molar-refractivity contribution in [2.24, 2.45) is 0 Å². The van der Waals surface area contributed by atoms with Gasteiger partial charge in [0.1, 0.15) is 6.61 Å². The molecule has 0 fully saturated rings. The number of esters is 1. The molecule has 0 spiro atoms. The maximum atomic E-state index is 12.9. The number of ether oxygens (including phenoxy) is 1. The molecule has 0 bridgehead atoms. The molecule has 0 atom stereocenters. The smallest absolute Gasteiger partial charge is 0.416 e. The van der Waals surface area contributed by atoms with Crippen molar-refractivity contribution in [3.63, 3.8) is 0 Å². The number of carbonyl (C=O) groups excluding carboxylic acids is 2. The summed E-state index contributed by atoms with van der Waals surface area (Å²) in [7, 11) is 0. The zero-order chi connectivity index (χ0) is 17.7. The molecule has 4 nitrogen and oxygen atoms in total. The van der Waals surface area contributed by atoms with Crippen LogP contribution in [-0.4, -0.2) is 11.9 Å². The van der Waals surface area contributed by atoms with E-state index < -0.39 is 24.3 Å². The molecule has 0 aliphatic rings. The lowest BCUT2D eigenvalue weighted by atomic mass is 10.1. The van der Waals surface area contributed by atoms with E-state index in [1.807, 2.05) is 0 Å². The Balaban J connectivity index is 2.05. The van der Waals surface area contributed by atoms with Crippen molar-refractivity contribution in [1.82, 2.24) is 0 Å². The van der Waals surface area contributed by atoms with Crippen molar-refractivity contribution in [2.75, 3.05) is 5.32 Å². The number of halogens is 3. The summed E-state index contributed by atoms with van der Waals surface area (Å²) in [6, 6.07) is 10.8. The van der Waals surface area contributed by atoms with Crippen LogP contribution >= 0.6 is 0 Å². The molecule has 2 rings (SSSR count). The average molecular weight is 337 g/mol. The molecule has 1 N–H and O–H groups in total. The largest absolute Gasteiger partial charge is 0.457 e. The normalized spacial score (nSPS) is 11.0. The Morgan fingerprint density at radius 2 is 1.67 bits per heavy atom. The molecule has 0 saturated carbocycles. The highest BCUT2D eigenvalue weighted by Gasteiger charge is 2.33. The predicted octanol–water partition coefficient (Wildman–Crippen LogP) is 4.02. The Labute approximate surface area is 136 Å². The molecule has 0 aliphatic heterocycles. The zero-order valence-corrected chi connectivity index (χ0v) is 12.7. The number of anilines is 1. The van der Waals surface area contributed by atoms with Crippen LogP contribution in [0.2, 0.25) is 0 Å². The van der Waals surface area contributed by atoms with Gasteiger partial charge in [0.2, 0.25) is 5.91 Å². The fourth-order valence-corrected chi connectivity index (χ4v) is 2.04. The van der Waals surface area contributed by atoms with Gasteiger partial charge in [0, 0.05) is 18.2 Å². The SMILES string of the molecule is CC(=O)Nc1ccc(C(=O)OCc2ccccc2C(F)(F)F)cc1. The van der Waals surface area contributed by atoms with Crippen molar-refractivity contribution >= 4 is 17.6 Å². The number of hydrogen-bond donors (Lipinski definition) is 1. The van der Waals surface area contributed by atoms with Gasteiger partial charge >= 0.3 is 12.1 Å². The second kappa shape index (κ2) is 7.16. The van der Waals surface area contributed by atoms with E-state index in [2.05, 4.69) is 5.32 Å². The third kappa shape index (κ3) is 4.58. The Hall–Kier alpha value is -2.83. The van der Waals surface area contributed by atoms with Crippen LogP contribution in [0.1, 0.15) is 28.4 Å². The van der Waals surface area contributed by atoms with Crippen LogP contribution in [-0.2, 0) is 22.3 Å². The van der Waals surface area contributed by atoms with Gasteiger partial charge in [-0.05, 0) is 30.3 Å². The first kappa shape index (κ1) is 17.5. The molecule has 0 unspecified atom stereocenters. The van der Waals surface area contributed by atoms with E-state index in [4.69, 9.17) is 4.74 Å². The summed E-state index contributed by atoms with van der Waals surface area (Å²) < 4.78 is 43.6. The number of carbonyl (C=O) groups is 2. The van der Waals surface area contributed by atoms with Gasteiger partial charge in [-0.15, -0.1) is 0 Å². The summed E-state index contributed by atoms with van der Waals surface area (Å²) in [6.07, 6.45) is -4.51. The molecule has 0 radical (unpaired) electrons. The van der Waals surface area contributed by atoms with Gasteiger partial charge in [-0.3, -0.25) is 4.79 Å². The lowest BCUT2D eigenvalue weighted by molar-refractivity contribution is -0.138. The first-order valence-corrected chi connectivity index (χ1v) is 6.97. The first-order chi connectivity index (χ1) is 11.3. The van der Waals surface area contributed by atoms with Crippen LogP contribution in [0, 0.1) is 0 Å². The van der Waals surface area contributed by atoms with Crippen molar-refractivity contribution in [2.45, 2.75) is 19.7 Å². The summed E-state index contributed by atoms with van der Waals surface area (Å²) in [6.45, 7) is 0.863. The topological polar surface area (TPSA) is 55.4 Å². The number of hydrogen-bond acceptors (Lipinski definition) is 3. The molecule has 126 valence electrons. The van der Waals surface area contributed by atoms with Gasteiger partial charge in [0.15, 0.2) is 0 Å². The summed E-state index contributed by atoms with van der Waals surface area (Å²) in [5.74, 6) is -1.00. The first-order valence-electron chi connectivity index (χ1n) is 6.97. The Bertz CT molecular complexity index is 739. The van der Waals surface area contributed by atoms with E-state index >= 15 is 0 Å². The fraction of sp³-hybridized carbons (Fsp3) is 0.176. The molecular weight excluding hydrogens is 323 g/mol. The van der Waals surface area contributed by atoms with Crippen LogP contribution in [0.4, 0.5) is 18.9 Å². The van der Waals surface area contributed by atoms with Crippen LogP contribution in [0.5, 0.6) is 0 Å². The third-order valence-corrected chi connectivity index (χ3v) is 3.12. The van der Waals surface area contributed by atoms with Crippen LogP contribution in [0.15, 0.2) is 48.5 Å². The minimum absolute atomic E-state index is 0.117. The molecule has 0 heterocycles. The molecule has 24 heavy (non-hydrogen) atoms. The van der Waals surface area contributed by atoms with Gasteiger partial charge in [0.25, 0.3) is 0 Å². The predicted molar refractivity (Wildman–Crippen MR) is 81.3 cm³/mol. The quantitative estimate of drug-likeness (QED) is 0.857. The number of nitrogens with one attached hydrogen (secondary N) is 1. The van der Waals surface area contributed by atoms with Gasteiger partial charge < -0.3 is 10.1 Å². The summed E-state index contributed by atoms with van der Waals surface area (Å²) in [5.41, 5.74) is -0.276. The molecule has 2 aromatic carbocycles. The zero-order valence-electron chi connectivity index (χ0n) is 12.7. The molecule has 1 amide bonds. The number of rotatable bonds is 4. The Morgan fingerprint density at radius 1 is 1.04 bits per heavy atom. The monoisotopic (exact) mass is 337 g/mol. The molecule has 2 aromatic rings. The molecular formula is C17H14F3NO3. The summed E-state index contributed by atoms with van der Waals surface area (Å²) in [4.78, 5) is 22.8. The highest BCUT2D eigenvalue weighted by atomic mass is 19.4. The summed E-state index contributed by atoms with van der Waals surface area (Å²) in [5, 5.41) is 2.54. The maximum absolute atomic E-state index is 12.9. The Kier molecular flexibility index (Phi) is 5.23. The van der Waals surface area contributed by atoms with Gasteiger partial charge in [0.05, 0.1) is 11.1 Å². The maximum Gasteiger partial charge on any atom is 0.416 e. The second-order valence-electron chi connectivity index (χ2n) is 4.99. The minimum Gasteiger partial charge on any atom is -0.457 e. The van der Waals surface area contributed by atoms with Crippen molar-refractivity contribution in [3.8, 4) is 0 Å². The average Bonchev–Trinajstić information content (AvgIpc) is 2.52. The number of alkyl halides is 3. The van der Waals surface area contributed by atoms with Crippen LogP contribution in [0.25, 0.3) is 0 Å². The van der Waals surface area contributed by atoms with Crippen molar-refractivity contribution < 1.29 is 27.5 Å². The van der Waals surface area contributed by atoms with Crippen LogP contribution in [0.3, 0.4) is 0 Å². The molecule has 0 aliphatic carbocycles. The molecule has 0 aromatic heterocycles. The van der Waals surface area contributed by atoms with Gasteiger partial charge in [-0.25, -0.2) is 4.79 Å². The van der Waals surface area contributed by atoms with E-state index in [0.717, 1.165) is 6.07 Å². The second-order valence-corrected chi connectivity index (χ2v) is 4.99. The fourth-order valence-electron chi connectivity index (χ4n) is 2.04. The Morgan fingerprint density at radius 3 is 2.25 bits per heavy atom. The highest BCUT2D eigenvalue weighted by molar-refractivity contribution is 5.92. The van der Waals surface area contributed by atoms with Gasteiger partial charge in [-0.1, -0.05) is 18.2 Å².